The molecular formula is C15H9F4N3. The van der Waals surface area contributed by atoms with Gasteiger partial charge >= 0.3 is 6.18 Å². The van der Waals surface area contributed by atoms with Crippen molar-refractivity contribution in [3.05, 3.63) is 60.3 Å². The predicted molar refractivity (Wildman–Crippen MR) is 72.2 cm³/mol. The van der Waals surface area contributed by atoms with E-state index in [1.807, 2.05) is 0 Å². The number of pyridine rings is 1. The average Bonchev–Trinajstić information content (AvgIpc) is 2.97. The highest BCUT2D eigenvalue weighted by Crippen LogP contribution is 2.34. The van der Waals surface area contributed by atoms with Crippen LogP contribution in [0.1, 0.15) is 5.56 Å². The van der Waals surface area contributed by atoms with E-state index >= 15 is 0 Å². The first-order chi connectivity index (χ1) is 10.4. The maximum Gasteiger partial charge on any atom is 0.419 e. The molecule has 0 fully saturated rings. The fourth-order valence-electron chi connectivity index (χ4n) is 2.03. The number of rotatable bonds is 2. The molecule has 0 saturated heterocycles. The lowest BCUT2D eigenvalue weighted by atomic mass is 10.1. The second-order valence-corrected chi connectivity index (χ2v) is 4.57. The maximum atomic E-state index is 13.3. The van der Waals surface area contributed by atoms with Crippen LogP contribution in [0.2, 0.25) is 0 Å². The Labute approximate surface area is 122 Å². The molecule has 0 saturated carbocycles. The van der Waals surface area contributed by atoms with Gasteiger partial charge in [-0.15, -0.1) is 0 Å². The van der Waals surface area contributed by atoms with Gasteiger partial charge in [0.25, 0.3) is 0 Å². The van der Waals surface area contributed by atoms with Crippen molar-refractivity contribution in [3.63, 3.8) is 0 Å². The number of aromatic nitrogens is 3. The van der Waals surface area contributed by atoms with Gasteiger partial charge in [-0.2, -0.15) is 13.2 Å². The fraction of sp³-hybridized carbons (Fsp3) is 0.0667. The number of hydrogen-bond acceptors (Lipinski definition) is 2. The molecule has 0 aliphatic rings. The number of nitrogens with one attached hydrogen (secondary N) is 1. The Morgan fingerprint density at radius 3 is 2.36 bits per heavy atom. The number of hydrogen-bond donors (Lipinski definition) is 1. The summed E-state index contributed by atoms with van der Waals surface area (Å²) in [5.74, 6) is -0.805. The van der Waals surface area contributed by atoms with Gasteiger partial charge in [0.2, 0.25) is 0 Å². The normalized spacial score (nSPS) is 11.6. The van der Waals surface area contributed by atoms with Gasteiger partial charge in [-0.05, 0) is 30.3 Å². The van der Waals surface area contributed by atoms with E-state index in [1.54, 1.807) is 24.5 Å². The van der Waals surface area contributed by atoms with Crippen LogP contribution in [0.3, 0.4) is 0 Å². The average molecular weight is 307 g/mol. The first kappa shape index (κ1) is 14.2. The third kappa shape index (κ3) is 2.69. The molecule has 0 spiro atoms. The smallest absolute Gasteiger partial charge is 0.338 e. The molecule has 7 heteroatoms. The number of imidazole rings is 1. The van der Waals surface area contributed by atoms with Gasteiger partial charge in [0.1, 0.15) is 11.6 Å². The van der Waals surface area contributed by atoms with Gasteiger partial charge in [-0.25, -0.2) is 9.37 Å². The Balaban J connectivity index is 2.01. The molecule has 0 amide bonds. The quantitative estimate of drug-likeness (QED) is 0.717. The van der Waals surface area contributed by atoms with Crippen molar-refractivity contribution < 1.29 is 17.6 Å². The minimum atomic E-state index is -4.74. The van der Waals surface area contributed by atoms with Crippen LogP contribution in [0.15, 0.2) is 48.9 Å². The third-order valence-corrected chi connectivity index (χ3v) is 3.11. The van der Waals surface area contributed by atoms with Crippen molar-refractivity contribution in [2.24, 2.45) is 0 Å². The Hall–Kier alpha value is -2.70. The number of aromatic amines is 1. The molecule has 0 atom stereocenters. The van der Waals surface area contributed by atoms with Gasteiger partial charge in [0, 0.05) is 23.5 Å². The molecule has 0 aliphatic heterocycles. The number of alkyl halides is 3. The molecule has 0 bridgehead atoms. The lowest BCUT2D eigenvalue weighted by Gasteiger charge is -2.09. The van der Waals surface area contributed by atoms with Crippen molar-refractivity contribution in [2.75, 3.05) is 0 Å². The standard InChI is InChI=1S/C15H9F4N3/c16-12-2-1-10(7-11(12)15(17,18)19)13-8-21-14(22-13)9-3-5-20-6-4-9/h1-8H,(H,21,22). The highest BCUT2D eigenvalue weighted by molar-refractivity contribution is 5.64. The number of halogens is 4. The van der Waals surface area contributed by atoms with E-state index in [-0.39, 0.29) is 5.56 Å². The Morgan fingerprint density at radius 2 is 1.68 bits per heavy atom. The zero-order valence-electron chi connectivity index (χ0n) is 11.0. The second kappa shape index (κ2) is 5.25. The van der Waals surface area contributed by atoms with Gasteiger partial charge in [0.15, 0.2) is 0 Å². The lowest BCUT2D eigenvalue weighted by Crippen LogP contribution is -2.08. The Morgan fingerprint density at radius 1 is 0.955 bits per heavy atom. The zero-order chi connectivity index (χ0) is 15.7. The van der Waals surface area contributed by atoms with Crippen molar-refractivity contribution in [3.8, 4) is 22.6 Å². The molecule has 3 rings (SSSR count). The van der Waals surface area contributed by atoms with Crippen LogP contribution in [-0.2, 0) is 6.18 Å². The lowest BCUT2D eigenvalue weighted by molar-refractivity contribution is -0.139. The molecule has 1 aromatic carbocycles. The SMILES string of the molecule is Fc1ccc(-c2cnc(-c3ccncc3)[nH]2)cc1C(F)(F)F. The molecule has 3 nitrogen and oxygen atoms in total. The van der Waals surface area contributed by atoms with Crippen molar-refractivity contribution in [2.45, 2.75) is 6.18 Å². The van der Waals surface area contributed by atoms with E-state index in [0.717, 1.165) is 17.7 Å². The molecule has 2 heterocycles. The first-order valence-electron chi connectivity index (χ1n) is 6.27. The minimum absolute atomic E-state index is 0.210. The molecule has 0 radical (unpaired) electrons. The predicted octanol–water partition coefficient (Wildman–Crippen LogP) is 4.30. The first-order valence-corrected chi connectivity index (χ1v) is 6.27. The van der Waals surface area contributed by atoms with Crippen LogP contribution >= 0.6 is 0 Å². The molecule has 2 aromatic heterocycles. The minimum Gasteiger partial charge on any atom is -0.338 e. The van der Waals surface area contributed by atoms with E-state index < -0.39 is 17.6 Å². The van der Waals surface area contributed by atoms with Crippen molar-refractivity contribution in [1.82, 2.24) is 15.0 Å². The summed E-state index contributed by atoms with van der Waals surface area (Å²) >= 11 is 0. The number of benzene rings is 1. The van der Waals surface area contributed by atoms with Gasteiger partial charge < -0.3 is 4.98 Å². The maximum absolute atomic E-state index is 13.3. The summed E-state index contributed by atoms with van der Waals surface area (Å²) < 4.78 is 51.5. The van der Waals surface area contributed by atoms with Crippen LogP contribution in [-0.4, -0.2) is 15.0 Å². The number of H-pyrrole nitrogens is 1. The second-order valence-electron chi connectivity index (χ2n) is 4.57. The third-order valence-electron chi connectivity index (χ3n) is 3.11. The van der Waals surface area contributed by atoms with E-state index in [2.05, 4.69) is 15.0 Å². The molecule has 0 aliphatic carbocycles. The monoisotopic (exact) mass is 307 g/mol. The molecular weight excluding hydrogens is 298 g/mol. The van der Waals surface area contributed by atoms with Crippen LogP contribution in [0.25, 0.3) is 22.6 Å². The summed E-state index contributed by atoms with van der Waals surface area (Å²) in [7, 11) is 0. The Bertz CT molecular complexity index is 794. The summed E-state index contributed by atoms with van der Waals surface area (Å²) in [4.78, 5) is 10.9. The van der Waals surface area contributed by atoms with Crippen molar-refractivity contribution >= 4 is 0 Å². The van der Waals surface area contributed by atoms with E-state index in [0.29, 0.717) is 11.5 Å². The van der Waals surface area contributed by atoms with Gasteiger partial charge in [-0.1, -0.05) is 0 Å². The van der Waals surface area contributed by atoms with Crippen LogP contribution in [0, 0.1) is 5.82 Å². The van der Waals surface area contributed by atoms with Gasteiger partial charge in [0.05, 0.1) is 17.5 Å². The highest BCUT2D eigenvalue weighted by Gasteiger charge is 2.34. The van der Waals surface area contributed by atoms with Gasteiger partial charge in [-0.3, -0.25) is 4.98 Å². The summed E-state index contributed by atoms with van der Waals surface area (Å²) in [5.41, 5.74) is 0.0308. The zero-order valence-corrected chi connectivity index (χ0v) is 11.0. The molecule has 1 N–H and O–H groups in total. The van der Waals surface area contributed by atoms with E-state index in [9.17, 15) is 17.6 Å². The fourth-order valence-corrected chi connectivity index (χ4v) is 2.03. The molecule has 3 aromatic rings. The molecule has 112 valence electrons. The highest BCUT2D eigenvalue weighted by atomic mass is 19.4. The van der Waals surface area contributed by atoms with E-state index in [1.165, 1.54) is 12.3 Å². The van der Waals surface area contributed by atoms with Crippen LogP contribution in [0.5, 0.6) is 0 Å². The van der Waals surface area contributed by atoms with Crippen molar-refractivity contribution in [1.29, 1.82) is 0 Å². The summed E-state index contributed by atoms with van der Waals surface area (Å²) in [6.45, 7) is 0. The van der Waals surface area contributed by atoms with E-state index in [4.69, 9.17) is 0 Å². The summed E-state index contributed by atoms with van der Waals surface area (Å²) in [6.07, 6.45) is -0.175. The molecule has 0 unspecified atom stereocenters. The van der Waals surface area contributed by atoms with Crippen LogP contribution in [0.4, 0.5) is 17.6 Å². The summed E-state index contributed by atoms with van der Waals surface area (Å²) in [6, 6.07) is 6.27. The summed E-state index contributed by atoms with van der Waals surface area (Å²) in [5, 5.41) is 0. The largest absolute Gasteiger partial charge is 0.419 e. The topological polar surface area (TPSA) is 41.6 Å². The number of nitrogens with zero attached hydrogens (tertiary/aromatic N) is 2. The Kier molecular flexibility index (Phi) is 3.40. The molecule has 22 heavy (non-hydrogen) atoms. The van der Waals surface area contributed by atoms with Crippen LogP contribution < -0.4 is 0 Å².